The first-order chi connectivity index (χ1) is 9.02. The SMILES string of the molecule is COc1cc(C(=O)N[C@@H]2CCC[C@@H]2C(=O)O)sc1Br. The Morgan fingerprint density at radius 3 is 2.84 bits per heavy atom. The van der Waals surface area contributed by atoms with Gasteiger partial charge >= 0.3 is 5.97 Å². The van der Waals surface area contributed by atoms with Crippen LogP contribution in [0.5, 0.6) is 5.75 Å². The van der Waals surface area contributed by atoms with Crippen molar-refractivity contribution in [3.63, 3.8) is 0 Å². The summed E-state index contributed by atoms with van der Waals surface area (Å²) in [5.74, 6) is -0.953. The van der Waals surface area contributed by atoms with E-state index in [0.29, 0.717) is 23.5 Å². The molecule has 19 heavy (non-hydrogen) atoms. The van der Waals surface area contributed by atoms with E-state index >= 15 is 0 Å². The number of nitrogens with one attached hydrogen (secondary N) is 1. The van der Waals surface area contributed by atoms with Crippen molar-refractivity contribution >= 4 is 39.1 Å². The van der Waals surface area contributed by atoms with Crippen LogP contribution in [0, 0.1) is 5.92 Å². The Bertz CT molecular complexity index is 502. The van der Waals surface area contributed by atoms with Crippen LogP contribution < -0.4 is 10.1 Å². The highest BCUT2D eigenvalue weighted by Gasteiger charge is 2.34. The molecule has 5 nitrogen and oxygen atoms in total. The predicted octanol–water partition coefficient (Wildman–Crippen LogP) is 2.50. The summed E-state index contributed by atoms with van der Waals surface area (Å²) in [6.07, 6.45) is 2.17. The molecule has 1 aliphatic rings. The Kier molecular flexibility index (Phi) is 4.46. The van der Waals surface area contributed by atoms with Crippen LogP contribution >= 0.6 is 27.3 Å². The lowest BCUT2D eigenvalue weighted by molar-refractivity contribution is -0.142. The number of hydrogen-bond donors (Lipinski definition) is 2. The van der Waals surface area contributed by atoms with Crippen LogP contribution in [0.1, 0.15) is 28.9 Å². The number of carboxylic acids is 1. The third kappa shape index (κ3) is 3.09. The molecular formula is C12H14BrNO4S. The fraction of sp³-hybridized carbons (Fsp3) is 0.500. The lowest BCUT2D eigenvalue weighted by Gasteiger charge is -2.16. The van der Waals surface area contributed by atoms with Gasteiger partial charge in [0.2, 0.25) is 0 Å². The molecule has 0 spiro atoms. The van der Waals surface area contributed by atoms with Crippen molar-refractivity contribution in [2.75, 3.05) is 7.11 Å². The highest BCUT2D eigenvalue weighted by atomic mass is 79.9. The molecule has 1 heterocycles. The van der Waals surface area contributed by atoms with Gasteiger partial charge < -0.3 is 15.2 Å². The number of hydrogen-bond acceptors (Lipinski definition) is 4. The molecule has 2 atom stereocenters. The zero-order valence-corrected chi connectivity index (χ0v) is 12.7. The van der Waals surface area contributed by atoms with Crippen molar-refractivity contribution in [2.24, 2.45) is 5.92 Å². The molecule has 7 heteroatoms. The molecule has 1 aromatic heterocycles. The second kappa shape index (κ2) is 5.92. The Morgan fingerprint density at radius 2 is 2.26 bits per heavy atom. The third-order valence-electron chi connectivity index (χ3n) is 3.25. The van der Waals surface area contributed by atoms with Crippen molar-refractivity contribution in [1.82, 2.24) is 5.32 Å². The summed E-state index contributed by atoms with van der Waals surface area (Å²) >= 11 is 4.59. The lowest BCUT2D eigenvalue weighted by Crippen LogP contribution is -2.39. The first kappa shape index (κ1) is 14.3. The van der Waals surface area contributed by atoms with Gasteiger partial charge in [0.25, 0.3) is 5.91 Å². The molecule has 1 amide bonds. The summed E-state index contributed by atoms with van der Waals surface area (Å²) in [6, 6.07) is 1.37. The molecule has 0 saturated heterocycles. The van der Waals surface area contributed by atoms with Gasteiger partial charge in [-0.25, -0.2) is 0 Å². The lowest BCUT2D eigenvalue weighted by atomic mass is 10.0. The van der Waals surface area contributed by atoms with Gasteiger partial charge in [-0.05, 0) is 28.8 Å². The molecule has 1 aromatic rings. The van der Waals surface area contributed by atoms with Crippen LogP contribution in [0.4, 0.5) is 0 Å². The number of amides is 1. The van der Waals surface area contributed by atoms with E-state index in [1.807, 2.05) is 0 Å². The minimum Gasteiger partial charge on any atom is -0.495 e. The maximum absolute atomic E-state index is 12.1. The molecule has 0 unspecified atom stereocenters. The highest BCUT2D eigenvalue weighted by molar-refractivity contribution is 9.11. The maximum atomic E-state index is 12.1. The van der Waals surface area contributed by atoms with Crippen molar-refractivity contribution in [3.05, 3.63) is 14.7 Å². The maximum Gasteiger partial charge on any atom is 0.308 e. The molecule has 0 radical (unpaired) electrons. The number of carboxylic acid groups (broad SMARTS) is 1. The van der Waals surface area contributed by atoms with Gasteiger partial charge in [0.1, 0.15) is 9.54 Å². The van der Waals surface area contributed by atoms with Gasteiger partial charge in [0, 0.05) is 12.1 Å². The summed E-state index contributed by atoms with van der Waals surface area (Å²) in [5, 5.41) is 11.9. The van der Waals surface area contributed by atoms with E-state index in [1.54, 1.807) is 6.07 Å². The largest absolute Gasteiger partial charge is 0.495 e. The molecule has 0 aromatic carbocycles. The molecule has 0 aliphatic heterocycles. The fourth-order valence-corrected chi connectivity index (χ4v) is 3.82. The van der Waals surface area contributed by atoms with Crippen LogP contribution in [0.3, 0.4) is 0 Å². The smallest absolute Gasteiger partial charge is 0.308 e. The van der Waals surface area contributed by atoms with Crippen LogP contribution in [0.25, 0.3) is 0 Å². The molecule has 1 aliphatic carbocycles. The summed E-state index contributed by atoms with van der Waals surface area (Å²) in [5.41, 5.74) is 0. The summed E-state index contributed by atoms with van der Waals surface area (Å²) in [4.78, 5) is 23.7. The van der Waals surface area contributed by atoms with Crippen molar-refractivity contribution in [3.8, 4) is 5.75 Å². The number of carbonyl (C=O) groups is 2. The number of thiophene rings is 1. The summed E-state index contributed by atoms with van der Waals surface area (Å²) in [7, 11) is 1.53. The molecule has 1 saturated carbocycles. The van der Waals surface area contributed by atoms with E-state index in [-0.39, 0.29) is 11.9 Å². The standard InChI is InChI=1S/C12H14BrNO4S/c1-18-8-5-9(19-10(8)13)11(15)14-7-4-2-3-6(7)12(16)17/h5-7H,2-4H2,1H3,(H,14,15)(H,16,17)/t6-,7+/m0/s1. The van der Waals surface area contributed by atoms with E-state index in [9.17, 15) is 9.59 Å². The van der Waals surface area contributed by atoms with E-state index in [2.05, 4.69) is 21.2 Å². The van der Waals surface area contributed by atoms with Gasteiger partial charge in [-0.3, -0.25) is 9.59 Å². The first-order valence-electron chi connectivity index (χ1n) is 5.90. The third-order valence-corrected chi connectivity index (χ3v) is 5.03. The first-order valence-corrected chi connectivity index (χ1v) is 7.51. The molecule has 1 fully saturated rings. The van der Waals surface area contributed by atoms with Crippen LogP contribution in [0.2, 0.25) is 0 Å². The Hall–Kier alpha value is -1.08. The Labute approximate surface area is 123 Å². The van der Waals surface area contributed by atoms with Crippen LogP contribution in [-0.4, -0.2) is 30.1 Å². The number of carbonyl (C=O) groups excluding carboxylic acids is 1. The quantitative estimate of drug-likeness (QED) is 0.877. The minimum atomic E-state index is -0.840. The van der Waals surface area contributed by atoms with Gasteiger partial charge in [0.05, 0.1) is 17.9 Å². The number of aliphatic carboxylic acids is 1. The van der Waals surface area contributed by atoms with Gasteiger partial charge in [-0.2, -0.15) is 0 Å². The molecule has 2 rings (SSSR count). The van der Waals surface area contributed by atoms with Crippen molar-refractivity contribution in [2.45, 2.75) is 25.3 Å². The highest BCUT2D eigenvalue weighted by Crippen LogP contribution is 2.34. The van der Waals surface area contributed by atoms with Gasteiger partial charge in [0.15, 0.2) is 0 Å². The van der Waals surface area contributed by atoms with E-state index in [0.717, 1.165) is 10.2 Å². The minimum absolute atomic E-state index is 0.243. The van der Waals surface area contributed by atoms with E-state index in [1.165, 1.54) is 18.4 Å². The second-order valence-electron chi connectivity index (χ2n) is 4.41. The number of methoxy groups -OCH3 is 1. The van der Waals surface area contributed by atoms with Gasteiger partial charge in [-0.15, -0.1) is 11.3 Å². The molecule has 0 bridgehead atoms. The van der Waals surface area contributed by atoms with E-state index in [4.69, 9.17) is 9.84 Å². The topological polar surface area (TPSA) is 75.6 Å². The monoisotopic (exact) mass is 347 g/mol. The van der Waals surface area contributed by atoms with Gasteiger partial charge in [-0.1, -0.05) is 6.42 Å². The van der Waals surface area contributed by atoms with Crippen LogP contribution in [0.15, 0.2) is 9.85 Å². The number of ether oxygens (including phenoxy) is 1. The molecular weight excluding hydrogens is 334 g/mol. The zero-order chi connectivity index (χ0) is 14.0. The Balaban J connectivity index is 2.06. The van der Waals surface area contributed by atoms with Crippen molar-refractivity contribution in [1.29, 1.82) is 0 Å². The Morgan fingerprint density at radius 1 is 1.53 bits per heavy atom. The van der Waals surface area contributed by atoms with Crippen LogP contribution in [-0.2, 0) is 4.79 Å². The number of halogens is 1. The molecule has 2 N–H and O–H groups in total. The normalized spacial score (nSPS) is 22.2. The summed E-state index contributed by atoms with van der Waals surface area (Å²) < 4.78 is 5.85. The average molecular weight is 348 g/mol. The summed E-state index contributed by atoms with van der Waals surface area (Å²) in [6.45, 7) is 0. The fourth-order valence-electron chi connectivity index (χ4n) is 2.27. The van der Waals surface area contributed by atoms with Crippen molar-refractivity contribution < 1.29 is 19.4 Å². The second-order valence-corrected chi connectivity index (χ2v) is 6.78. The molecule has 104 valence electrons. The number of rotatable bonds is 4. The zero-order valence-electron chi connectivity index (χ0n) is 10.3. The van der Waals surface area contributed by atoms with E-state index < -0.39 is 11.9 Å². The predicted molar refractivity (Wildman–Crippen MR) is 74.8 cm³/mol. The average Bonchev–Trinajstić information content (AvgIpc) is 2.95.